The van der Waals surface area contributed by atoms with Crippen molar-refractivity contribution in [3.63, 3.8) is 0 Å². The Labute approximate surface area is 125 Å². The Bertz CT molecular complexity index is 490. The number of carbonyl (C=O) groups is 1. The van der Waals surface area contributed by atoms with Crippen LogP contribution in [0.15, 0.2) is 0 Å². The van der Waals surface area contributed by atoms with Gasteiger partial charge in [0.25, 0.3) is 0 Å². The van der Waals surface area contributed by atoms with Crippen molar-refractivity contribution in [3.8, 4) is 0 Å². The minimum absolute atomic E-state index is 0.330. The van der Waals surface area contributed by atoms with Crippen LogP contribution in [0.3, 0.4) is 0 Å². The van der Waals surface area contributed by atoms with Gasteiger partial charge >= 0.3 is 5.97 Å². The van der Waals surface area contributed by atoms with E-state index in [1.54, 1.807) is 0 Å². The highest BCUT2D eigenvalue weighted by atomic mass is 16.5. The average molecular weight is 292 g/mol. The molecule has 6 heteroatoms. The lowest BCUT2D eigenvalue weighted by molar-refractivity contribution is 0.0518. The Kier molecular flexibility index (Phi) is 4.53. The number of likely N-dealkylation sites (tertiary alicyclic amines) is 1. The molecule has 0 N–H and O–H groups in total. The standard InChI is InChI=1S/C15H24N4O2/c1-2-21-15(20)13-14(12-6-7-12)19(17-16-13)11-10-18-8-4-3-5-9-18/h12H,2-11H2,1H3. The monoisotopic (exact) mass is 292 g/mol. The van der Waals surface area contributed by atoms with E-state index in [1.807, 2.05) is 11.6 Å². The molecule has 21 heavy (non-hydrogen) atoms. The van der Waals surface area contributed by atoms with Crippen LogP contribution in [0.4, 0.5) is 0 Å². The van der Waals surface area contributed by atoms with Crippen LogP contribution >= 0.6 is 0 Å². The molecule has 2 heterocycles. The van der Waals surface area contributed by atoms with Crippen molar-refractivity contribution >= 4 is 5.97 Å². The second kappa shape index (κ2) is 6.56. The van der Waals surface area contributed by atoms with Gasteiger partial charge in [0, 0.05) is 12.5 Å². The van der Waals surface area contributed by atoms with Gasteiger partial charge in [-0.3, -0.25) is 0 Å². The van der Waals surface area contributed by atoms with Gasteiger partial charge in [-0.1, -0.05) is 11.6 Å². The normalized spacial score (nSPS) is 19.7. The number of esters is 1. The molecule has 1 aromatic heterocycles. The quantitative estimate of drug-likeness (QED) is 0.748. The molecule has 0 radical (unpaired) electrons. The third-order valence-corrected chi connectivity index (χ3v) is 4.28. The third-order valence-electron chi connectivity index (χ3n) is 4.28. The van der Waals surface area contributed by atoms with E-state index in [2.05, 4.69) is 15.2 Å². The smallest absolute Gasteiger partial charge is 0.360 e. The number of hydrogen-bond acceptors (Lipinski definition) is 5. The van der Waals surface area contributed by atoms with Crippen molar-refractivity contribution in [1.29, 1.82) is 0 Å². The summed E-state index contributed by atoms with van der Waals surface area (Å²) in [6.45, 7) is 6.36. The van der Waals surface area contributed by atoms with Gasteiger partial charge in [0.2, 0.25) is 0 Å². The van der Waals surface area contributed by atoms with Crippen LogP contribution in [0, 0.1) is 0 Å². The zero-order valence-electron chi connectivity index (χ0n) is 12.8. The van der Waals surface area contributed by atoms with Gasteiger partial charge in [0.15, 0.2) is 5.69 Å². The minimum atomic E-state index is -0.330. The fourth-order valence-corrected chi connectivity index (χ4v) is 3.01. The molecule has 116 valence electrons. The van der Waals surface area contributed by atoms with Crippen molar-refractivity contribution in [2.24, 2.45) is 0 Å². The van der Waals surface area contributed by atoms with Gasteiger partial charge in [-0.15, -0.1) is 5.10 Å². The molecule has 3 rings (SSSR count). The van der Waals surface area contributed by atoms with Crippen LogP contribution in [-0.2, 0) is 11.3 Å². The van der Waals surface area contributed by atoms with Crippen LogP contribution in [-0.4, -0.2) is 52.1 Å². The molecule has 2 aliphatic rings. The SMILES string of the molecule is CCOC(=O)c1nnn(CCN2CCCCC2)c1C1CC1. The number of nitrogens with zero attached hydrogens (tertiary/aromatic N) is 4. The molecule has 0 unspecified atom stereocenters. The van der Waals surface area contributed by atoms with Crippen LogP contribution < -0.4 is 0 Å². The molecule has 0 spiro atoms. The van der Waals surface area contributed by atoms with E-state index in [9.17, 15) is 4.79 Å². The van der Waals surface area contributed by atoms with Gasteiger partial charge < -0.3 is 9.64 Å². The summed E-state index contributed by atoms with van der Waals surface area (Å²) in [4.78, 5) is 14.4. The van der Waals surface area contributed by atoms with Gasteiger partial charge in [-0.25, -0.2) is 9.48 Å². The molecule has 1 aromatic rings. The number of hydrogen-bond donors (Lipinski definition) is 0. The summed E-state index contributed by atoms with van der Waals surface area (Å²) < 4.78 is 7.02. The summed E-state index contributed by atoms with van der Waals surface area (Å²) in [5.74, 6) is 0.115. The van der Waals surface area contributed by atoms with Gasteiger partial charge in [0.05, 0.1) is 18.8 Å². The molecule has 1 saturated heterocycles. The summed E-state index contributed by atoms with van der Waals surface area (Å²) in [6.07, 6.45) is 6.19. The maximum absolute atomic E-state index is 12.0. The zero-order valence-corrected chi connectivity index (χ0v) is 12.8. The van der Waals surface area contributed by atoms with Gasteiger partial charge in [-0.05, 0) is 45.7 Å². The molecule has 1 aliphatic carbocycles. The molecule has 1 saturated carbocycles. The third kappa shape index (κ3) is 3.43. The van der Waals surface area contributed by atoms with Gasteiger partial charge in [-0.2, -0.15) is 0 Å². The van der Waals surface area contributed by atoms with Crippen LogP contribution in [0.1, 0.15) is 61.1 Å². The van der Waals surface area contributed by atoms with Crippen molar-refractivity contribution in [3.05, 3.63) is 11.4 Å². The summed E-state index contributed by atoms with van der Waals surface area (Å²) in [5, 5.41) is 8.28. The molecule has 6 nitrogen and oxygen atoms in total. The summed E-state index contributed by atoms with van der Waals surface area (Å²) >= 11 is 0. The lowest BCUT2D eigenvalue weighted by Crippen LogP contribution is -2.33. The summed E-state index contributed by atoms with van der Waals surface area (Å²) in [5.41, 5.74) is 1.42. The van der Waals surface area contributed by atoms with Crippen LogP contribution in [0.25, 0.3) is 0 Å². The van der Waals surface area contributed by atoms with E-state index in [0.29, 0.717) is 18.2 Å². The molecule has 0 amide bonds. The summed E-state index contributed by atoms with van der Waals surface area (Å²) in [7, 11) is 0. The van der Waals surface area contributed by atoms with Crippen LogP contribution in [0.2, 0.25) is 0 Å². The molecule has 0 atom stereocenters. The average Bonchev–Trinajstić information content (AvgIpc) is 3.26. The first-order valence-corrected chi connectivity index (χ1v) is 8.12. The molecule has 1 aliphatic heterocycles. The zero-order chi connectivity index (χ0) is 14.7. The second-order valence-corrected chi connectivity index (χ2v) is 5.94. The maximum Gasteiger partial charge on any atom is 0.360 e. The van der Waals surface area contributed by atoms with Crippen molar-refractivity contribution in [2.75, 3.05) is 26.2 Å². The Balaban J connectivity index is 1.68. The topological polar surface area (TPSA) is 60.2 Å². The first-order valence-electron chi connectivity index (χ1n) is 8.12. The van der Waals surface area contributed by atoms with E-state index in [-0.39, 0.29) is 5.97 Å². The molecular formula is C15H24N4O2. The van der Waals surface area contributed by atoms with E-state index in [1.165, 1.54) is 32.4 Å². The highest BCUT2D eigenvalue weighted by molar-refractivity contribution is 5.88. The van der Waals surface area contributed by atoms with E-state index >= 15 is 0 Å². The highest BCUT2D eigenvalue weighted by Crippen LogP contribution is 2.41. The molecular weight excluding hydrogens is 268 g/mol. The van der Waals surface area contributed by atoms with E-state index in [0.717, 1.165) is 31.6 Å². The fourth-order valence-electron chi connectivity index (χ4n) is 3.01. The molecule has 2 fully saturated rings. The number of ether oxygens (including phenoxy) is 1. The first-order chi connectivity index (χ1) is 10.3. The van der Waals surface area contributed by atoms with Gasteiger partial charge in [0.1, 0.15) is 0 Å². The maximum atomic E-state index is 12.0. The van der Waals surface area contributed by atoms with Crippen molar-refractivity contribution in [1.82, 2.24) is 19.9 Å². The van der Waals surface area contributed by atoms with E-state index < -0.39 is 0 Å². The molecule has 0 bridgehead atoms. The Morgan fingerprint density at radius 3 is 2.67 bits per heavy atom. The predicted molar refractivity (Wildman–Crippen MR) is 78.2 cm³/mol. The predicted octanol–water partition coefficient (Wildman–Crippen LogP) is 1.82. The largest absolute Gasteiger partial charge is 0.461 e. The minimum Gasteiger partial charge on any atom is -0.461 e. The van der Waals surface area contributed by atoms with Crippen LogP contribution in [0.5, 0.6) is 0 Å². The van der Waals surface area contributed by atoms with E-state index in [4.69, 9.17) is 4.74 Å². The highest BCUT2D eigenvalue weighted by Gasteiger charge is 2.34. The van der Waals surface area contributed by atoms with Crippen molar-refractivity contribution in [2.45, 2.75) is 51.5 Å². The number of aromatic nitrogens is 3. The second-order valence-electron chi connectivity index (χ2n) is 5.94. The number of rotatable bonds is 6. The molecule has 0 aromatic carbocycles. The number of carbonyl (C=O) groups excluding carboxylic acids is 1. The van der Waals surface area contributed by atoms with Crippen molar-refractivity contribution < 1.29 is 9.53 Å². The lowest BCUT2D eigenvalue weighted by Gasteiger charge is -2.26. The first kappa shape index (κ1) is 14.5. The number of piperidine rings is 1. The summed E-state index contributed by atoms with van der Waals surface area (Å²) in [6, 6.07) is 0. The Morgan fingerprint density at radius 2 is 2.00 bits per heavy atom. The lowest BCUT2D eigenvalue weighted by atomic mass is 10.1. The Hall–Kier alpha value is -1.43. The fraction of sp³-hybridized carbons (Fsp3) is 0.800. The Morgan fingerprint density at radius 1 is 1.24 bits per heavy atom.